The normalized spacial score (nSPS) is 10.6. The zero-order valence-corrected chi connectivity index (χ0v) is 9.51. The minimum absolute atomic E-state index is 0.845. The highest BCUT2D eigenvalue weighted by Crippen LogP contribution is 2.22. The number of hydrogen-bond acceptors (Lipinski definition) is 2. The maximum Gasteiger partial charge on any atom is 0.208 e. The van der Waals surface area contributed by atoms with Crippen LogP contribution in [0.5, 0.6) is 0 Å². The molecule has 0 atom stereocenters. The minimum Gasteiger partial charge on any atom is -0.324 e. The van der Waals surface area contributed by atoms with Crippen molar-refractivity contribution in [2.24, 2.45) is 0 Å². The number of aromatic amines is 1. The second-order valence-electron chi connectivity index (χ2n) is 3.89. The van der Waals surface area contributed by atoms with Crippen LogP contribution in [0.15, 0.2) is 48.5 Å². The molecule has 83 valence electrons. The van der Waals surface area contributed by atoms with Gasteiger partial charge in [-0.3, -0.25) is 0 Å². The fourth-order valence-corrected chi connectivity index (χ4v) is 1.82. The van der Waals surface area contributed by atoms with Crippen LogP contribution < -0.4 is 4.90 Å². The Morgan fingerprint density at radius 3 is 2.65 bits per heavy atom. The van der Waals surface area contributed by atoms with Crippen LogP contribution in [0.4, 0.5) is 11.6 Å². The van der Waals surface area contributed by atoms with Gasteiger partial charge in [0.15, 0.2) is 0 Å². The standard InChI is InChI=1S/C14H12N3/c1-17(11-7-3-2-4-8-11)14-15-12-9-5-6-10-13(12)16-14/h3-10H,1H3,(H,15,16). The third-order valence-electron chi connectivity index (χ3n) is 2.78. The number of aromatic nitrogens is 2. The molecular weight excluding hydrogens is 210 g/mol. The Balaban J connectivity index is 2.04. The fourth-order valence-electron chi connectivity index (χ4n) is 1.82. The van der Waals surface area contributed by atoms with Crippen LogP contribution >= 0.6 is 0 Å². The molecule has 0 spiro atoms. The number of hydrogen-bond donors (Lipinski definition) is 1. The van der Waals surface area contributed by atoms with Crippen LogP contribution in [0.25, 0.3) is 11.0 Å². The molecule has 3 aromatic rings. The van der Waals surface area contributed by atoms with Crippen molar-refractivity contribution < 1.29 is 0 Å². The molecule has 0 unspecified atom stereocenters. The van der Waals surface area contributed by atoms with Crippen LogP contribution in [-0.2, 0) is 0 Å². The minimum atomic E-state index is 0.845. The van der Waals surface area contributed by atoms with Gasteiger partial charge >= 0.3 is 0 Å². The number of H-pyrrole nitrogens is 1. The quantitative estimate of drug-likeness (QED) is 0.722. The van der Waals surface area contributed by atoms with Gasteiger partial charge in [0, 0.05) is 12.7 Å². The molecule has 0 saturated heterocycles. The van der Waals surface area contributed by atoms with E-state index >= 15 is 0 Å². The van der Waals surface area contributed by atoms with Crippen molar-refractivity contribution in [1.82, 2.24) is 9.97 Å². The average molecular weight is 222 g/mol. The highest BCUT2D eigenvalue weighted by molar-refractivity contribution is 5.78. The van der Waals surface area contributed by atoms with Gasteiger partial charge in [0.2, 0.25) is 5.95 Å². The SMILES string of the molecule is CN(c1cc[c]cc1)c1nc2ccccc2[nH]1. The van der Waals surface area contributed by atoms with Crippen molar-refractivity contribution in [2.75, 3.05) is 11.9 Å². The molecule has 1 heterocycles. The lowest BCUT2D eigenvalue weighted by atomic mass is 10.3. The molecule has 0 aliphatic rings. The second kappa shape index (κ2) is 3.94. The number of nitrogens with zero attached hydrogens (tertiary/aromatic N) is 2. The Kier molecular flexibility index (Phi) is 2.29. The first-order valence-electron chi connectivity index (χ1n) is 5.49. The summed E-state index contributed by atoms with van der Waals surface area (Å²) in [5, 5.41) is 0. The average Bonchev–Trinajstić information content (AvgIpc) is 2.82. The van der Waals surface area contributed by atoms with Gasteiger partial charge in [-0.15, -0.1) is 0 Å². The molecule has 2 aromatic carbocycles. The molecule has 1 aromatic heterocycles. The molecule has 0 saturated carbocycles. The Labute approximate surface area is 99.7 Å². The number of para-hydroxylation sites is 2. The van der Waals surface area contributed by atoms with Crippen molar-refractivity contribution in [1.29, 1.82) is 0 Å². The third kappa shape index (κ3) is 1.76. The van der Waals surface area contributed by atoms with Crippen molar-refractivity contribution in [3.8, 4) is 0 Å². The lowest BCUT2D eigenvalue weighted by Gasteiger charge is -2.15. The van der Waals surface area contributed by atoms with Crippen molar-refractivity contribution in [2.45, 2.75) is 0 Å². The number of rotatable bonds is 2. The Morgan fingerprint density at radius 2 is 1.88 bits per heavy atom. The Morgan fingerprint density at radius 1 is 1.12 bits per heavy atom. The molecule has 17 heavy (non-hydrogen) atoms. The fraction of sp³-hybridized carbons (Fsp3) is 0.0714. The van der Waals surface area contributed by atoms with Gasteiger partial charge < -0.3 is 9.88 Å². The van der Waals surface area contributed by atoms with E-state index in [1.54, 1.807) is 0 Å². The van der Waals surface area contributed by atoms with Crippen LogP contribution in [0.3, 0.4) is 0 Å². The molecule has 1 N–H and O–H groups in total. The predicted octanol–water partition coefficient (Wildman–Crippen LogP) is 3.13. The highest BCUT2D eigenvalue weighted by atomic mass is 15.2. The van der Waals surface area contributed by atoms with Crippen molar-refractivity contribution >= 4 is 22.7 Å². The summed E-state index contributed by atoms with van der Waals surface area (Å²) in [6, 6.07) is 18.8. The zero-order chi connectivity index (χ0) is 11.7. The van der Waals surface area contributed by atoms with E-state index in [9.17, 15) is 0 Å². The Hall–Kier alpha value is -2.29. The Bertz CT molecular complexity index is 595. The molecule has 0 aliphatic heterocycles. The summed E-state index contributed by atoms with van der Waals surface area (Å²) < 4.78 is 0. The van der Waals surface area contributed by atoms with Gasteiger partial charge in [0.25, 0.3) is 0 Å². The first-order chi connectivity index (χ1) is 8.34. The van der Waals surface area contributed by atoms with Crippen LogP contribution in [0.2, 0.25) is 0 Å². The summed E-state index contributed by atoms with van der Waals surface area (Å²) in [5.74, 6) is 0.845. The van der Waals surface area contributed by atoms with Crippen molar-refractivity contribution in [3.63, 3.8) is 0 Å². The number of imidazole rings is 1. The summed E-state index contributed by atoms with van der Waals surface area (Å²) in [4.78, 5) is 9.87. The van der Waals surface area contributed by atoms with E-state index in [4.69, 9.17) is 0 Å². The van der Waals surface area contributed by atoms with E-state index in [2.05, 4.69) is 16.0 Å². The summed E-state index contributed by atoms with van der Waals surface area (Å²) in [6.45, 7) is 0. The van der Waals surface area contributed by atoms with Crippen molar-refractivity contribution in [3.05, 3.63) is 54.6 Å². The summed E-state index contributed by atoms with van der Waals surface area (Å²) in [6.07, 6.45) is 0. The van der Waals surface area contributed by atoms with Gasteiger partial charge in [-0.2, -0.15) is 0 Å². The van der Waals surface area contributed by atoms with E-state index in [0.29, 0.717) is 0 Å². The first-order valence-corrected chi connectivity index (χ1v) is 5.49. The molecule has 3 heteroatoms. The van der Waals surface area contributed by atoms with Crippen LogP contribution in [0, 0.1) is 6.07 Å². The van der Waals surface area contributed by atoms with Gasteiger partial charge in [-0.1, -0.05) is 24.3 Å². The van der Waals surface area contributed by atoms with Gasteiger partial charge in [0.1, 0.15) is 0 Å². The van der Waals surface area contributed by atoms with E-state index in [1.165, 1.54) is 0 Å². The van der Waals surface area contributed by atoms with E-state index < -0.39 is 0 Å². The van der Waals surface area contributed by atoms with E-state index in [0.717, 1.165) is 22.7 Å². The number of nitrogens with one attached hydrogen (secondary N) is 1. The topological polar surface area (TPSA) is 31.9 Å². The number of anilines is 2. The molecule has 0 bridgehead atoms. The smallest absolute Gasteiger partial charge is 0.208 e. The lowest BCUT2D eigenvalue weighted by Crippen LogP contribution is -2.10. The lowest BCUT2D eigenvalue weighted by molar-refractivity contribution is 1.11. The maximum atomic E-state index is 4.55. The zero-order valence-electron chi connectivity index (χ0n) is 9.51. The molecular formula is C14H12N3. The van der Waals surface area contributed by atoms with Crippen LogP contribution in [0.1, 0.15) is 0 Å². The van der Waals surface area contributed by atoms with E-state index in [1.807, 2.05) is 60.5 Å². The second-order valence-corrected chi connectivity index (χ2v) is 3.89. The monoisotopic (exact) mass is 222 g/mol. The summed E-state index contributed by atoms with van der Waals surface area (Å²) in [7, 11) is 1.99. The van der Waals surface area contributed by atoms with Gasteiger partial charge in [-0.25, -0.2) is 4.98 Å². The molecule has 3 nitrogen and oxygen atoms in total. The summed E-state index contributed by atoms with van der Waals surface area (Å²) >= 11 is 0. The summed E-state index contributed by atoms with van der Waals surface area (Å²) in [5.41, 5.74) is 3.12. The predicted molar refractivity (Wildman–Crippen MR) is 69.4 cm³/mol. The van der Waals surface area contributed by atoms with Gasteiger partial charge in [-0.05, 0) is 30.3 Å². The van der Waals surface area contributed by atoms with Gasteiger partial charge in [0.05, 0.1) is 11.0 Å². The molecule has 1 radical (unpaired) electrons. The molecule has 0 fully saturated rings. The highest BCUT2D eigenvalue weighted by Gasteiger charge is 2.08. The van der Waals surface area contributed by atoms with Crippen LogP contribution in [-0.4, -0.2) is 17.0 Å². The maximum absolute atomic E-state index is 4.55. The van der Waals surface area contributed by atoms with E-state index in [-0.39, 0.29) is 0 Å². The number of benzene rings is 2. The largest absolute Gasteiger partial charge is 0.324 e. The third-order valence-corrected chi connectivity index (χ3v) is 2.78. The molecule has 0 amide bonds. The first kappa shape index (κ1) is 9.90. The molecule has 3 rings (SSSR count). The number of fused-ring (bicyclic) bond motifs is 1. The molecule has 0 aliphatic carbocycles.